The van der Waals surface area contributed by atoms with Crippen molar-refractivity contribution in [2.75, 3.05) is 10.6 Å². The number of thiophene rings is 2. The molecule has 0 aliphatic heterocycles. The molecule has 2 heterocycles. The lowest BCUT2D eigenvalue weighted by Crippen LogP contribution is -2.27. The lowest BCUT2D eigenvalue weighted by molar-refractivity contribution is -0.117. The summed E-state index contributed by atoms with van der Waals surface area (Å²) in [5.41, 5.74) is 14.6. The van der Waals surface area contributed by atoms with E-state index in [2.05, 4.69) is 52.2 Å². The van der Waals surface area contributed by atoms with Gasteiger partial charge in [0.15, 0.2) is 0 Å². The van der Waals surface area contributed by atoms with Crippen LogP contribution in [0, 0.1) is 22.7 Å². The summed E-state index contributed by atoms with van der Waals surface area (Å²) < 4.78 is 0. The van der Waals surface area contributed by atoms with Crippen molar-refractivity contribution in [3.63, 3.8) is 0 Å². The van der Waals surface area contributed by atoms with Crippen molar-refractivity contribution >= 4 is 56.3 Å². The molecule has 0 saturated heterocycles. The van der Waals surface area contributed by atoms with Crippen LogP contribution in [0.15, 0.2) is 0 Å². The number of nitrogens with two attached hydrogens (primary N) is 2. The highest BCUT2D eigenvalue weighted by Crippen LogP contribution is 2.45. The summed E-state index contributed by atoms with van der Waals surface area (Å²) in [5.74, 6) is -0.568. The second-order valence-electron chi connectivity index (χ2n) is 13.7. The number of primary amides is 2. The summed E-state index contributed by atoms with van der Waals surface area (Å²) >= 11 is 2.89. The van der Waals surface area contributed by atoms with Gasteiger partial charge in [0.1, 0.15) is 10.0 Å². The Morgan fingerprint density at radius 3 is 1.39 bits per heavy atom. The van der Waals surface area contributed by atoms with Gasteiger partial charge < -0.3 is 22.1 Å². The number of nitrogens with one attached hydrogen (secondary N) is 2. The Morgan fingerprint density at radius 2 is 1.07 bits per heavy atom. The van der Waals surface area contributed by atoms with Gasteiger partial charge in [0, 0.05) is 22.6 Å². The quantitative estimate of drug-likeness (QED) is 0.292. The van der Waals surface area contributed by atoms with Gasteiger partial charge in [0.25, 0.3) is 11.8 Å². The van der Waals surface area contributed by atoms with Crippen molar-refractivity contribution < 1.29 is 19.2 Å². The molecule has 6 N–H and O–H groups in total. The largest absolute Gasteiger partial charge is 0.365 e. The number of anilines is 2. The van der Waals surface area contributed by atoms with Crippen molar-refractivity contribution in [2.45, 2.75) is 99.3 Å². The van der Waals surface area contributed by atoms with E-state index >= 15 is 0 Å². The lowest BCUT2D eigenvalue weighted by Gasteiger charge is -2.33. The molecule has 2 aromatic rings. The highest BCUT2D eigenvalue weighted by Gasteiger charge is 2.35. The van der Waals surface area contributed by atoms with E-state index in [9.17, 15) is 19.2 Å². The van der Waals surface area contributed by atoms with Crippen LogP contribution in [0.2, 0.25) is 0 Å². The minimum atomic E-state index is -0.524. The van der Waals surface area contributed by atoms with E-state index in [-0.39, 0.29) is 35.5 Å². The molecule has 0 bridgehead atoms. The van der Waals surface area contributed by atoms with Crippen molar-refractivity contribution in [3.8, 4) is 0 Å². The molecule has 41 heavy (non-hydrogen) atoms. The highest BCUT2D eigenvalue weighted by molar-refractivity contribution is 7.17. The molecule has 0 aromatic carbocycles. The van der Waals surface area contributed by atoms with Crippen LogP contribution in [-0.4, -0.2) is 23.6 Å². The van der Waals surface area contributed by atoms with Gasteiger partial charge in [-0.05, 0) is 78.7 Å². The SMILES string of the molecule is CC(C)(C)C1CCc2c(sc(NC(=O)CCCC(=O)Nc3sc4c(c3C(N)=O)CCC(C(C)(C)C)C4)c2C(N)=O)C1. The number of carbonyl (C=O) groups excluding carboxylic acids is 4. The smallest absolute Gasteiger partial charge is 0.251 e. The number of rotatable bonds is 8. The fourth-order valence-electron chi connectivity index (χ4n) is 6.14. The summed E-state index contributed by atoms with van der Waals surface area (Å²) in [5, 5.41) is 6.79. The third-order valence-corrected chi connectivity index (χ3v) is 11.1. The van der Waals surface area contributed by atoms with Gasteiger partial charge in [0.2, 0.25) is 11.8 Å². The zero-order chi connectivity index (χ0) is 30.3. The molecule has 0 radical (unpaired) electrons. The number of hydrogen-bond donors (Lipinski definition) is 4. The van der Waals surface area contributed by atoms with E-state index in [1.54, 1.807) is 0 Å². The summed E-state index contributed by atoms with van der Waals surface area (Å²) in [6.45, 7) is 13.4. The van der Waals surface area contributed by atoms with Crippen molar-refractivity contribution in [1.29, 1.82) is 0 Å². The van der Waals surface area contributed by atoms with Crippen LogP contribution in [0.3, 0.4) is 0 Å². The molecule has 2 aliphatic carbocycles. The predicted octanol–water partition coefficient (Wildman–Crippen LogP) is 6.06. The molecule has 10 heteroatoms. The molecule has 2 atom stereocenters. The molecule has 2 aromatic heterocycles. The first-order valence-corrected chi connectivity index (χ1v) is 16.2. The van der Waals surface area contributed by atoms with Gasteiger partial charge in [0.05, 0.1) is 11.1 Å². The fraction of sp³-hybridized carbons (Fsp3) is 0.613. The minimum absolute atomic E-state index is 0.121. The van der Waals surface area contributed by atoms with Crippen molar-refractivity contribution in [1.82, 2.24) is 0 Å². The van der Waals surface area contributed by atoms with Crippen molar-refractivity contribution in [2.24, 2.45) is 34.1 Å². The van der Waals surface area contributed by atoms with E-state index in [0.717, 1.165) is 59.4 Å². The van der Waals surface area contributed by atoms with Gasteiger partial charge in [-0.2, -0.15) is 0 Å². The lowest BCUT2D eigenvalue weighted by atomic mass is 9.72. The number of amides is 4. The first kappa shape index (κ1) is 31.2. The maximum Gasteiger partial charge on any atom is 0.251 e. The number of carbonyl (C=O) groups is 4. The minimum Gasteiger partial charge on any atom is -0.365 e. The summed E-state index contributed by atoms with van der Waals surface area (Å²) in [4.78, 5) is 52.5. The standard InChI is InChI=1S/C31H44N4O4S2/c1-30(2,3)16-10-12-18-20(14-16)40-28(24(18)26(32)38)34-22(36)8-7-9-23(37)35-29-25(27(33)39)19-13-11-17(31(4,5)6)15-21(19)41-29/h16-17H,7-15H2,1-6H3,(H2,32,38)(H2,33,39)(H,34,36)(H,35,37). The van der Waals surface area contributed by atoms with Gasteiger partial charge in [-0.3, -0.25) is 19.2 Å². The maximum atomic E-state index is 12.8. The third-order valence-electron chi connectivity index (χ3n) is 8.79. The third kappa shape index (κ3) is 7.02. The number of hydrogen-bond acceptors (Lipinski definition) is 6. The molecule has 8 nitrogen and oxygen atoms in total. The van der Waals surface area contributed by atoms with Gasteiger partial charge in [-0.15, -0.1) is 22.7 Å². The molecule has 224 valence electrons. The van der Waals surface area contributed by atoms with Crippen LogP contribution in [0.1, 0.15) is 115 Å². The highest BCUT2D eigenvalue weighted by atomic mass is 32.1. The van der Waals surface area contributed by atoms with E-state index in [0.29, 0.717) is 39.4 Å². The Bertz CT molecular complexity index is 1260. The Morgan fingerprint density at radius 1 is 0.707 bits per heavy atom. The van der Waals surface area contributed by atoms with Crippen LogP contribution in [0.5, 0.6) is 0 Å². The molecular formula is C31H44N4O4S2. The molecule has 2 aliphatic rings. The maximum absolute atomic E-state index is 12.8. The van der Waals surface area contributed by atoms with Crippen LogP contribution in [-0.2, 0) is 35.3 Å². The van der Waals surface area contributed by atoms with E-state index in [1.165, 1.54) is 22.7 Å². The van der Waals surface area contributed by atoms with Crippen LogP contribution < -0.4 is 22.1 Å². The Kier molecular flexibility index (Phi) is 9.04. The molecule has 0 fully saturated rings. The molecular weight excluding hydrogens is 556 g/mol. The topological polar surface area (TPSA) is 144 Å². The molecule has 4 rings (SSSR count). The van der Waals surface area contributed by atoms with Gasteiger partial charge in [-0.25, -0.2) is 0 Å². The van der Waals surface area contributed by atoms with Crippen LogP contribution >= 0.6 is 22.7 Å². The van der Waals surface area contributed by atoms with E-state index in [1.807, 2.05) is 0 Å². The summed E-state index contributed by atoms with van der Waals surface area (Å²) in [6, 6.07) is 0. The normalized spacial score (nSPS) is 18.8. The Labute approximate surface area is 251 Å². The van der Waals surface area contributed by atoms with Gasteiger partial charge in [-0.1, -0.05) is 41.5 Å². The van der Waals surface area contributed by atoms with E-state index in [4.69, 9.17) is 11.5 Å². The molecule has 2 unspecified atom stereocenters. The second kappa shape index (κ2) is 11.9. The number of fused-ring (bicyclic) bond motifs is 2. The van der Waals surface area contributed by atoms with Crippen LogP contribution in [0.25, 0.3) is 0 Å². The Balaban J connectivity index is 1.35. The monoisotopic (exact) mass is 600 g/mol. The molecule has 0 spiro atoms. The summed E-state index contributed by atoms with van der Waals surface area (Å²) in [6.07, 6.45) is 5.83. The average Bonchev–Trinajstić information content (AvgIpc) is 3.39. The average molecular weight is 601 g/mol. The second-order valence-corrected chi connectivity index (χ2v) is 15.9. The first-order chi connectivity index (χ1) is 19.1. The predicted molar refractivity (Wildman–Crippen MR) is 167 cm³/mol. The van der Waals surface area contributed by atoms with Crippen molar-refractivity contribution in [3.05, 3.63) is 32.0 Å². The zero-order valence-electron chi connectivity index (χ0n) is 25.1. The molecule has 4 amide bonds. The Hall–Kier alpha value is -2.72. The first-order valence-electron chi connectivity index (χ1n) is 14.5. The summed E-state index contributed by atoms with van der Waals surface area (Å²) in [7, 11) is 0. The van der Waals surface area contributed by atoms with Crippen LogP contribution in [0.4, 0.5) is 10.0 Å². The van der Waals surface area contributed by atoms with Gasteiger partial charge >= 0.3 is 0 Å². The van der Waals surface area contributed by atoms with E-state index < -0.39 is 11.8 Å². The fourth-order valence-corrected chi connectivity index (χ4v) is 8.83. The molecule has 0 saturated carbocycles. The zero-order valence-corrected chi connectivity index (χ0v) is 26.8.